The van der Waals surface area contributed by atoms with Crippen LogP contribution in [0.5, 0.6) is 5.75 Å². The van der Waals surface area contributed by atoms with Crippen molar-refractivity contribution in [1.82, 2.24) is 5.32 Å². The first-order valence-electron chi connectivity index (χ1n) is 12.0. The highest BCUT2D eigenvalue weighted by Crippen LogP contribution is 2.36. The number of phenols is 1. The number of fused-ring (bicyclic) bond motifs is 1. The van der Waals surface area contributed by atoms with Gasteiger partial charge in [-0.2, -0.15) is 5.26 Å². The zero-order chi connectivity index (χ0) is 26.6. The van der Waals surface area contributed by atoms with Crippen LogP contribution in [0, 0.1) is 16.7 Å². The number of carbonyl (C=O) groups excluding carboxylic acids is 1. The molecule has 3 rings (SSSR count). The molecule has 0 aliphatic carbocycles. The van der Waals surface area contributed by atoms with Gasteiger partial charge in [-0.05, 0) is 65.9 Å². The van der Waals surface area contributed by atoms with Crippen LogP contribution in [-0.2, 0) is 4.43 Å². The molecule has 3 aromatic carbocycles. The molecular formula is C28H32Cl2N2O3Si. The third-order valence-corrected chi connectivity index (χ3v) is 7.58. The Balaban J connectivity index is 2.08. The average molecular weight is 544 g/mol. The lowest BCUT2D eigenvalue weighted by Crippen LogP contribution is -2.44. The van der Waals surface area contributed by atoms with Gasteiger partial charge in [-0.1, -0.05) is 74.3 Å². The Labute approximate surface area is 224 Å². The lowest BCUT2D eigenvalue weighted by atomic mass is 9.83. The van der Waals surface area contributed by atoms with Crippen LogP contribution < -0.4 is 5.32 Å². The summed E-state index contributed by atoms with van der Waals surface area (Å²) in [5, 5.41) is 25.6. The van der Waals surface area contributed by atoms with Crippen molar-refractivity contribution < 1.29 is 14.3 Å². The second kappa shape index (κ2) is 11.7. The maximum atomic E-state index is 13.7. The predicted molar refractivity (Wildman–Crippen MR) is 149 cm³/mol. The topological polar surface area (TPSA) is 82.3 Å². The van der Waals surface area contributed by atoms with E-state index in [1.807, 2.05) is 43.4 Å². The monoisotopic (exact) mass is 542 g/mol. The number of nitriles is 1. The number of hydrogen-bond donors (Lipinski definition) is 2. The molecule has 36 heavy (non-hydrogen) atoms. The molecule has 0 saturated carbocycles. The minimum absolute atomic E-state index is 0.0447. The number of amides is 1. The highest BCUT2D eigenvalue weighted by molar-refractivity contribution is 6.48. The van der Waals surface area contributed by atoms with Crippen LogP contribution >= 0.6 is 23.2 Å². The number of rotatable bonds is 8. The maximum Gasteiger partial charge on any atom is 0.257 e. The number of halogens is 2. The molecule has 190 valence electrons. The van der Waals surface area contributed by atoms with Gasteiger partial charge in [-0.15, -0.1) is 0 Å². The van der Waals surface area contributed by atoms with Crippen molar-refractivity contribution in [3.63, 3.8) is 0 Å². The molecule has 8 heteroatoms. The first-order chi connectivity index (χ1) is 16.9. The van der Waals surface area contributed by atoms with Crippen LogP contribution in [0.2, 0.25) is 23.1 Å². The zero-order valence-corrected chi connectivity index (χ0v) is 23.9. The molecular weight excluding hydrogens is 511 g/mol. The normalized spacial score (nSPS) is 13.4. The van der Waals surface area contributed by atoms with Crippen LogP contribution in [0.3, 0.4) is 0 Å². The predicted octanol–water partition coefficient (Wildman–Crippen LogP) is 7.39. The van der Waals surface area contributed by atoms with Crippen LogP contribution in [0.15, 0.2) is 48.5 Å². The van der Waals surface area contributed by atoms with Crippen molar-refractivity contribution in [2.24, 2.45) is 5.41 Å². The van der Waals surface area contributed by atoms with E-state index in [4.69, 9.17) is 27.6 Å². The van der Waals surface area contributed by atoms with Crippen molar-refractivity contribution in [3.05, 3.63) is 75.3 Å². The van der Waals surface area contributed by atoms with Gasteiger partial charge in [0.2, 0.25) is 0 Å². The van der Waals surface area contributed by atoms with Crippen molar-refractivity contribution in [2.45, 2.75) is 58.9 Å². The first kappa shape index (κ1) is 28.0. The number of aromatic hydroxyl groups is 1. The Kier molecular flexibility index (Phi) is 9.07. The van der Waals surface area contributed by atoms with Crippen LogP contribution in [-0.4, -0.2) is 26.3 Å². The van der Waals surface area contributed by atoms with Crippen LogP contribution in [0.25, 0.3) is 10.8 Å². The van der Waals surface area contributed by atoms with Crippen molar-refractivity contribution in [2.75, 3.05) is 0 Å². The second-order valence-electron chi connectivity index (χ2n) is 10.4. The molecule has 0 heterocycles. The first-order valence-corrected chi connectivity index (χ1v) is 15.5. The number of phenolic OH excluding ortho intramolecular Hbond substituents is 1. The van der Waals surface area contributed by atoms with E-state index < -0.39 is 21.2 Å². The average Bonchev–Trinajstić information content (AvgIpc) is 2.79. The van der Waals surface area contributed by atoms with E-state index in [2.05, 4.69) is 26.1 Å². The standard InChI is InChI=1S/C28H32Cl2N2O3Si/c1-28(2,3)13-12-21(18-10-11-22(29)23(30)15-18)27(35-36(4)5)32-26(34)24-20-9-7-6-8-17(20)14-19(16-31)25(24)33/h6-11,14-15,21,27,33,36H,12-13H2,1-5H3,(H,32,34). The summed E-state index contributed by atoms with van der Waals surface area (Å²) in [4.78, 5) is 13.7. The van der Waals surface area contributed by atoms with E-state index in [1.54, 1.807) is 24.3 Å². The smallest absolute Gasteiger partial charge is 0.257 e. The van der Waals surface area contributed by atoms with E-state index in [0.717, 1.165) is 18.4 Å². The number of carbonyl (C=O) groups is 1. The van der Waals surface area contributed by atoms with E-state index in [0.29, 0.717) is 20.8 Å². The Morgan fingerprint density at radius 3 is 2.44 bits per heavy atom. The third kappa shape index (κ3) is 6.80. The van der Waals surface area contributed by atoms with E-state index >= 15 is 0 Å². The molecule has 0 bridgehead atoms. The van der Waals surface area contributed by atoms with Crippen molar-refractivity contribution in [1.29, 1.82) is 5.26 Å². The molecule has 1 amide bonds. The van der Waals surface area contributed by atoms with Gasteiger partial charge in [0, 0.05) is 5.92 Å². The van der Waals surface area contributed by atoms with Gasteiger partial charge in [-0.3, -0.25) is 4.79 Å². The van der Waals surface area contributed by atoms with Crippen molar-refractivity contribution in [3.8, 4) is 11.8 Å². The molecule has 3 aromatic rings. The van der Waals surface area contributed by atoms with Gasteiger partial charge in [-0.25, -0.2) is 0 Å². The van der Waals surface area contributed by atoms with E-state index in [1.165, 1.54) is 0 Å². The maximum absolute atomic E-state index is 13.7. The van der Waals surface area contributed by atoms with Gasteiger partial charge in [0.1, 0.15) is 18.0 Å². The quantitative estimate of drug-likeness (QED) is 0.229. The largest absolute Gasteiger partial charge is 0.506 e. The summed E-state index contributed by atoms with van der Waals surface area (Å²) in [5.41, 5.74) is 1.08. The Morgan fingerprint density at radius 1 is 1.14 bits per heavy atom. The Bertz CT molecular complexity index is 1300. The molecule has 0 aliphatic rings. The Morgan fingerprint density at radius 2 is 1.83 bits per heavy atom. The number of nitrogens with one attached hydrogen (secondary N) is 1. The highest BCUT2D eigenvalue weighted by Gasteiger charge is 2.30. The fourth-order valence-electron chi connectivity index (χ4n) is 4.20. The minimum atomic E-state index is -1.62. The van der Waals surface area contributed by atoms with Gasteiger partial charge >= 0.3 is 0 Å². The minimum Gasteiger partial charge on any atom is -0.506 e. The summed E-state index contributed by atoms with van der Waals surface area (Å²) in [5.74, 6) is -1.04. The molecule has 0 aliphatic heterocycles. The highest BCUT2D eigenvalue weighted by atomic mass is 35.5. The lowest BCUT2D eigenvalue weighted by molar-refractivity contribution is 0.0758. The van der Waals surface area contributed by atoms with Gasteiger partial charge in [0.05, 0.1) is 21.2 Å². The number of benzene rings is 3. The van der Waals surface area contributed by atoms with Crippen LogP contribution in [0.4, 0.5) is 0 Å². The molecule has 5 nitrogen and oxygen atoms in total. The molecule has 2 atom stereocenters. The molecule has 2 N–H and O–H groups in total. The summed E-state index contributed by atoms with van der Waals surface area (Å²) in [6, 6.07) is 16.2. The fourth-order valence-corrected chi connectivity index (χ4v) is 5.35. The second-order valence-corrected chi connectivity index (χ2v) is 13.6. The summed E-state index contributed by atoms with van der Waals surface area (Å²) < 4.78 is 6.39. The lowest BCUT2D eigenvalue weighted by Gasteiger charge is -2.32. The van der Waals surface area contributed by atoms with Gasteiger partial charge in [0.25, 0.3) is 5.91 Å². The number of nitrogens with zero attached hydrogens (tertiary/aromatic N) is 1. The molecule has 0 radical (unpaired) electrons. The van der Waals surface area contributed by atoms with E-state index in [9.17, 15) is 15.2 Å². The molecule has 2 unspecified atom stereocenters. The van der Waals surface area contributed by atoms with Gasteiger partial charge < -0.3 is 14.8 Å². The zero-order valence-electron chi connectivity index (χ0n) is 21.2. The Hall–Kier alpha value is -2.56. The SMILES string of the molecule is C[SiH](C)OC(NC(=O)c1c(O)c(C#N)cc2ccccc12)C(CCC(C)(C)C)c1ccc(Cl)c(Cl)c1. The molecule has 0 aromatic heterocycles. The van der Waals surface area contributed by atoms with E-state index in [-0.39, 0.29) is 28.2 Å². The summed E-state index contributed by atoms with van der Waals surface area (Å²) in [6.45, 7) is 10.6. The molecule has 0 fully saturated rings. The fraction of sp³-hybridized carbons (Fsp3) is 0.357. The molecule has 0 spiro atoms. The number of hydrogen-bond acceptors (Lipinski definition) is 4. The summed E-state index contributed by atoms with van der Waals surface area (Å²) >= 11 is 12.5. The summed E-state index contributed by atoms with van der Waals surface area (Å²) in [6.07, 6.45) is 0.955. The third-order valence-electron chi connectivity index (χ3n) is 6.00. The summed E-state index contributed by atoms with van der Waals surface area (Å²) in [7, 11) is -1.62. The van der Waals surface area contributed by atoms with Gasteiger partial charge in [0.15, 0.2) is 9.04 Å². The molecule has 0 saturated heterocycles. The van der Waals surface area contributed by atoms with Crippen molar-refractivity contribution >= 4 is 48.9 Å². The van der Waals surface area contributed by atoms with Crippen LogP contribution in [0.1, 0.15) is 61.0 Å².